The van der Waals surface area contributed by atoms with Crippen LogP contribution < -0.4 is 15.0 Å². The fraction of sp³-hybridized carbons (Fsp3) is 0.389. The Hall–Kier alpha value is -2.83. The fourth-order valence-electron chi connectivity index (χ4n) is 2.69. The minimum Gasteiger partial charge on any atom is -0.489 e. The highest BCUT2D eigenvalue weighted by molar-refractivity contribution is 6.07. The third-order valence-electron chi connectivity index (χ3n) is 3.77. The minimum atomic E-state index is -0.842. The van der Waals surface area contributed by atoms with E-state index in [2.05, 4.69) is 10.3 Å². The molecular formula is C18H21N3O4. The number of pyridine rings is 1. The summed E-state index contributed by atoms with van der Waals surface area (Å²) in [6.07, 6.45) is 1.01. The third-order valence-corrected chi connectivity index (χ3v) is 3.77. The molecule has 0 unspecified atom stereocenters. The molecule has 25 heavy (non-hydrogen) atoms. The van der Waals surface area contributed by atoms with Crippen molar-refractivity contribution in [2.75, 3.05) is 18.6 Å². The van der Waals surface area contributed by atoms with Crippen LogP contribution in [0.15, 0.2) is 30.5 Å². The van der Waals surface area contributed by atoms with Gasteiger partial charge in [-0.15, -0.1) is 0 Å². The molecule has 2 heterocycles. The number of fused-ring (bicyclic) bond motifs is 3. The number of rotatable bonds is 1. The number of nitrogens with zero attached hydrogens (tertiary/aromatic N) is 2. The lowest BCUT2D eigenvalue weighted by molar-refractivity contribution is -0.120. The van der Waals surface area contributed by atoms with Gasteiger partial charge in [-0.25, -0.2) is 4.79 Å². The van der Waals surface area contributed by atoms with E-state index < -0.39 is 17.7 Å². The van der Waals surface area contributed by atoms with Gasteiger partial charge in [-0.1, -0.05) is 6.07 Å². The summed E-state index contributed by atoms with van der Waals surface area (Å²) in [4.78, 5) is 30.6. The van der Waals surface area contributed by atoms with E-state index in [1.807, 2.05) is 18.2 Å². The first-order chi connectivity index (χ1) is 11.8. The van der Waals surface area contributed by atoms with Crippen molar-refractivity contribution in [2.45, 2.75) is 32.4 Å². The number of carbonyl (C=O) groups is 2. The van der Waals surface area contributed by atoms with Crippen molar-refractivity contribution in [3.63, 3.8) is 0 Å². The SMILES string of the molecule is CN1C(=O)[C@@H](NC(=O)OC(C)(C)C)COc2ccc3cccnc3c21. The van der Waals surface area contributed by atoms with Crippen molar-refractivity contribution in [1.29, 1.82) is 0 Å². The Morgan fingerprint density at radius 1 is 1.36 bits per heavy atom. The highest BCUT2D eigenvalue weighted by atomic mass is 16.6. The van der Waals surface area contributed by atoms with Gasteiger partial charge in [0.1, 0.15) is 29.7 Å². The maximum Gasteiger partial charge on any atom is 0.408 e. The second-order valence-electron chi connectivity index (χ2n) is 6.89. The van der Waals surface area contributed by atoms with Crippen LogP contribution in [0.1, 0.15) is 20.8 Å². The second kappa shape index (κ2) is 6.23. The molecule has 1 aliphatic rings. The highest BCUT2D eigenvalue weighted by Crippen LogP contribution is 2.36. The number of anilines is 1. The van der Waals surface area contributed by atoms with Crippen LogP contribution in [0.25, 0.3) is 10.9 Å². The van der Waals surface area contributed by atoms with Gasteiger partial charge in [0.25, 0.3) is 5.91 Å². The molecule has 1 atom stereocenters. The number of aromatic nitrogens is 1. The van der Waals surface area contributed by atoms with E-state index in [-0.39, 0.29) is 12.5 Å². The average Bonchev–Trinajstić information content (AvgIpc) is 2.65. The first-order valence-electron chi connectivity index (χ1n) is 8.04. The van der Waals surface area contributed by atoms with Gasteiger partial charge in [-0.05, 0) is 39.0 Å². The maximum atomic E-state index is 12.8. The number of hydrogen-bond donors (Lipinski definition) is 1. The quantitative estimate of drug-likeness (QED) is 0.860. The van der Waals surface area contributed by atoms with Crippen LogP contribution in [-0.4, -0.2) is 42.3 Å². The Labute approximate surface area is 145 Å². The Morgan fingerprint density at radius 3 is 2.84 bits per heavy atom. The van der Waals surface area contributed by atoms with Crippen molar-refractivity contribution in [2.24, 2.45) is 0 Å². The molecule has 7 nitrogen and oxygen atoms in total. The van der Waals surface area contributed by atoms with Crippen LogP contribution in [0.3, 0.4) is 0 Å². The van der Waals surface area contributed by atoms with Crippen molar-refractivity contribution in [3.8, 4) is 5.75 Å². The van der Waals surface area contributed by atoms with Gasteiger partial charge >= 0.3 is 6.09 Å². The van der Waals surface area contributed by atoms with E-state index in [4.69, 9.17) is 9.47 Å². The van der Waals surface area contributed by atoms with Gasteiger partial charge in [0.15, 0.2) is 0 Å². The van der Waals surface area contributed by atoms with Crippen LogP contribution in [0, 0.1) is 0 Å². The zero-order chi connectivity index (χ0) is 18.2. The van der Waals surface area contributed by atoms with Crippen LogP contribution in [-0.2, 0) is 9.53 Å². The Balaban J connectivity index is 1.89. The van der Waals surface area contributed by atoms with E-state index in [0.717, 1.165) is 5.39 Å². The Morgan fingerprint density at radius 2 is 2.12 bits per heavy atom. The molecular weight excluding hydrogens is 322 g/mol. The van der Waals surface area contributed by atoms with Gasteiger partial charge in [0.2, 0.25) is 0 Å². The molecule has 7 heteroatoms. The van der Waals surface area contributed by atoms with E-state index >= 15 is 0 Å². The minimum absolute atomic E-state index is 0.0216. The molecule has 0 spiro atoms. The van der Waals surface area contributed by atoms with Gasteiger partial charge < -0.3 is 19.7 Å². The average molecular weight is 343 g/mol. The van der Waals surface area contributed by atoms with Gasteiger partial charge in [0, 0.05) is 18.6 Å². The maximum absolute atomic E-state index is 12.8. The molecule has 0 bridgehead atoms. The largest absolute Gasteiger partial charge is 0.489 e. The standard InChI is InChI=1S/C18H21N3O4/c1-18(2,3)25-17(23)20-12-10-24-13-8-7-11-6-5-9-19-14(11)15(13)21(4)16(12)22/h5-9,12H,10H2,1-4H3,(H,20,23)/t12-/m0/s1. The Bertz CT molecular complexity index is 829. The van der Waals surface area contributed by atoms with Gasteiger partial charge in [-0.2, -0.15) is 0 Å². The number of carbonyl (C=O) groups excluding carboxylic acids is 2. The predicted octanol–water partition coefficient (Wildman–Crippen LogP) is 2.48. The molecule has 0 radical (unpaired) electrons. The van der Waals surface area contributed by atoms with Crippen LogP contribution in [0.5, 0.6) is 5.75 Å². The molecule has 2 amide bonds. The molecule has 2 aromatic rings. The van der Waals surface area contributed by atoms with Gasteiger partial charge in [0.05, 0.1) is 5.52 Å². The van der Waals surface area contributed by atoms with Crippen LogP contribution >= 0.6 is 0 Å². The normalized spacial score (nSPS) is 17.5. The monoisotopic (exact) mass is 343 g/mol. The number of alkyl carbamates (subject to hydrolysis) is 1. The van der Waals surface area contributed by atoms with Crippen molar-refractivity contribution < 1.29 is 19.1 Å². The van der Waals surface area contributed by atoms with Crippen molar-refractivity contribution >= 4 is 28.6 Å². The molecule has 1 N–H and O–H groups in total. The number of amides is 2. The summed E-state index contributed by atoms with van der Waals surface area (Å²) in [5, 5.41) is 3.49. The van der Waals surface area contributed by atoms with E-state index in [1.54, 1.807) is 40.1 Å². The summed E-state index contributed by atoms with van der Waals surface area (Å²) in [7, 11) is 1.65. The van der Waals surface area contributed by atoms with Crippen LogP contribution in [0.2, 0.25) is 0 Å². The molecule has 0 aliphatic carbocycles. The number of hydrogen-bond acceptors (Lipinski definition) is 5. The number of ether oxygens (including phenoxy) is 2. The fourth-order valence-corrected chi connectivity index (χ4v) is 2.69. The van der Waals surface area contributed by atoms with E-state index in [9.17, 15) is 9.59 Å². The smallest absolute Gasteiger partial charge is 0.408 e. The van der Waals surface area contributed by atoms with Crippen molar-refractivity contribution in [1.82, 2.24) is 10.3 Å². The molecule has 1 aromatic carbocycles. The third kappa shape index (κ3) is 3.50. The summed E-state index contributed by atoms with van der Waals surface area (Å²) in [6, 6.07) is 6.61. The van der Waals surface area contributed by atoms with Crippen LogP contribution in [0.4, 0.5) is 10.5 Å². The lowest BCUT2D eigenvalue weighted by Gasteiger charge is -2.24. The number of likely N-dealkylation sites (N-methyl/N-ethyl adjacent to an activating group) is 1. The summed E-state index contributed by atoms with van der Waals surface area (Å²) < 4.78 is 11.0. The van der Waals surface area contributed by atoms with E-state index in [0.29, 0.717) is 17.0 Å². The molecule has 3 rings (SSSR count). The van der Waals surface area contributed by atoms with Gasteiger partial charge in [-0.3, -0.25) is 9.78 Å². The lowest BCUT2D eigenvalue weighted by atomic mass is 10.1. The molecule has 0 fully saturated rings. The van der Waals surface area contributed by atoms with E-state index in [1.165, 1.54) is 4.90 Å². The lowest BCUT2D eigenvalue weighted by Crippen LogP contribution is -2.50. The number of nitrogens with one attached hydrogen (secondary N) is 1. The summed E-state index contributed by atoms with van der Waals surface area (Å²) in [5.74, 6) is 0.262. The Kier molecular flexibility index (Phi) is 4.24. The summed E-state index contributed by atoms with van der Waals surface area (Å²) in [6.45, 7) is 5.31. The first-order valence-corrected chi connectivity index (χ1v) is 8.04. The topological polar surface area (TPSA) is 80.8 Å². The molecule has 1 aromatic heterocycles. The zero-order valence-corrected chi connectivity index (χ0v) is 14.7. The highest BCUT2D eigenvalue weighted by Gasteiger charge is 2.33. The zero-order valence-electron chi connectivity index (χ0n) is 14.7. The summed E-state index contributed by atoms with van der Waals surface area (Å²) >= 11 is 0. The molecule has 132 valence electrons. The molecule has 0 saturated heterocycles. The first kappa shape index (κ1) is 17.0. The predicted molar refractivity (Wildman–Crippen MR) is 93.8 cm³/mol. The summed E-state index contributed by atoms with van der Waals surface area (Å²) in [5.41, 5.74) is 0.624. The second-order valence-corrected chi connectivity index (χ2v) is 6.89. The molecule has 1 aliphatic heterocycles. The number of benzene rings is 1. The molecule has 0 saturated carbocycles. The van der Waals surface area contributed by atoms with Crippen molar-refractivity contribution in [3.05, 3.63) is 30.5 Å².